The number of hydrogen-bond donors (Lipinski definition) is 2. The van der Waals surface area contributed by atoms with Crippen LogP contribution in [0.25, 0.3) is 10.9 Å². The highest BCUT2D eigenvalue weighted by atomic mass is 32.2. The number of anilines is 1. The molecule has 5 rings (SSSR count). The molecule has 0 aliphatic carbocycles. The zero-order valence-electron chi connectivity index (χ0n) is 22.8. The molecule has 3 heterocycles. The van der Waals surface area contributed by atoms with Crippen LogP contribution in [0.1, 0.15) is 34.8 Å². The molecule has 0 spiro atoms. The SMILES string of the molecule is Cc1cc(CC(=O)Nc2cnn(C(C)(C)C)c2)ccc1Oc1ccnc2ccc([S-](=N)=O)cc12.[HH].[HH].c1ccncc1. The van der Waals surface area contributed by atoms with Gasteiger partial charge in [0, 0.05) is 33.0 Å². The summed E-state index contributed by atoms with van der Waals surface area (Å²) in [5.74, 6) is 1.07. The highest BCUT2D eigenvalue weighted by Crippen LogP contribution is 2.32. The van der Waals surface area contributed by atoms with Gasteiger partial charge in [0.25, 0.3) is 0 Å². The van der Waals surface area contributed by atoms with Gasteiger partial charge >= 0.3 is 0 Å². The van der Waals surface area contributed by atoms with Crippen molar-refractivity contribution in [1.82, 2.24) is 19.7 Å². The highest BCUT2D eigenvalue weighted by Gasteiger charge is 2.15. The van der Waals surface area contributed by atoms with Crippen LogP contribution in [-0.4, -0.2) is 25.7 Å². The molecule has 9 nitrogen and oxygen atoms in total. The van der Waals surface area contributed by atoms with E-state index in [1.54, 1.807) is 49.1 Å². The Kier molecular flexibility index (Phi) is 8.90. The van der Waals surface area contributed by atoms with Crippen LogP contribution in [-0.2, 0) is 31.6 Å². The fourth-order valence-electron chi connectivity index (χ4n) is 3.82. The van der Waals surface area contributed by atoms with Crippen LogP contribution in [0.2, 0.25) is 0 Å². The molecule has 0 bridgehead atoms. The Morgan fingerprint density at radius 2 is 1.82 bits per heavy atom. The van der Waals surface area contributed by atoms with Gasteiger partial charge in [0.2, 0.25) is 5.91 Å². The minimum Gasteiger partial charge on any atom is -0.456 e. The van der Waals surface area contributed by atoms with Crippen molar-refractivity contribution in [3.63, 3.8) is 0 Å². The number of fused-ring (bicyclic) bond motifs is 1. The molecule has 1 amide bonds. The number of aromatic nitrogens is 4. The van der Waals surface area contributed by atoms with Crippen molar-refractivity contribution in [2.45, 2.75) is 44.6 Å². The topological polar surface area (TPSA) is 123 Å². The minimum atomic E-state index is -1.85. The maximum atomic E-state index is 12.5. The standard InChI is InChI=1S/C25H26N5O3S.C5H5N.2H2/c1-16-11-17(12-24(31)29-18-14-28-30(15-18)25(2,3)4)5-8-22(16)33-23-9-10-27-21-7-6-19(34(26)32)13-20(21)23;1-2-4-6-5-3-1;;/h5-11,13-15,26H,12H2,1-4H3,(H,29,31);1-5H;2*1H/q-1;;;. The first kappa shape index (κ1) is 28.4. The smallest absolute Gasteiger partial charge is 0.228 e. The number of amides is 1. The average Bonchev–Trinajstić information content (AvgIpc) is 3.40. The zero-order valence-corrected chi connectivity index (χ0v) is 23.6. The number of benzene rings is 2. The van der Waals surface area contributed by atoms with Gasteiger partial charge in [0.1, 0.15) is 11.5 Å². The number of aryl methyl sites for hydroxylation is 1. The molecule has 10 heteroatoms. The number of carbonyl (C=O) groups is 1. The molecule has 0 saturated heterocycles. The number of hydrogen-bond acceptors (Lipinski definition) is 8. The van der Waals surface area contributed by atoms with Crippen LogP contribution in [0.5, 0.6) is 11.5 Å². The second-order valence-corrected chi connectivity index (χ2v) is 11.1. The summed E-state index contributed by atoms with van der Waals surface area (Å²) in [5.41, 5.74) is 2.92. The van der Waals surface area contributed by atoms with Crippen molar-refractivity contribution >= 4 is 33.1 Å². The predicted octanol–water partition coefficient (Wildman–Crippen LogP) is 7.13. The van der Waals surface area contributed by atoms with E-state index in [-0.39, 0.29) is 20.7 Å². The highest BCUT2D eigenvalue weighted by molar-refractivity contribution is 7.73. The first-order chi connectivity index (χ1) is 19.1. The number of carbonyl (C=O) groups excluding carboxylic acids is 1. The Morgan fingerprint density at radius 1 is 1.05 bits per heavy atom. The molecule has 210 valence electrons. The van der Waals surface area contributed by atoms with E-state index in [1.807, 2.05) is 75.0 Å². The van der Waals surface area contributed by atoms with Crippen LogP contribution < -0.4 is 10.1 Å². The third kappa shape index (κ3) is 7.51. The lowest BCUT2D eigenvalue weighted by Gasteiger charge is -2.18. The summed E-state index contributed by atoms with van der Waals surface area (Å²) in [7, 11) is -1.85. The van der Waals surface area contributed by atoms with Crippen LogP contribution in [0.3, 0.4) is 0 Å². The molecule has 0 unspecified atom stereocenters. The van der Waals surface area contributed by atoms with E-state index in [1.165, 1.54) is 0 Å². The fraction of sp³-hybridized carbons (Fsp3) is 0.200. The van der Waals surface area contributed by atoms with Crippen LogP contribution in [0.15, 0.2) is 96.5 Å². The molecular weight excluding hydrogens is 524 g/mol. The Hall–Kier alpha value is -4.57. The third-order valence-corrected chi connectivity index (χ3v) is 6.51. The summed E-state index contributed by atoms with van der Waals surface area (Å²) in [4.78, 5) is 21.0. The molecule has 0 aliphatic rings. The van der Waals surface area contributed by atoms with E-state index in [4.69, 9.17) is 9.52 Å². The number of pyridine rings is 2. The summed E-state index contributed by atoms with van der Waals surface area (Å²) in [6.45, 7) is 8.05. The van der Waals surface area contributed by atoms with Gasteiger partial charge in [-0.05, 0) is 69.2 Å². The molecule has 0 atom stereocenters. The van der Waals surface area contributed by atoms with E-state index in [9.17, 15) is 9.00 Å². The molecule has 5 aromatic rings. The normalized spacial score (nSPS) is 11.1. The lowest BCUT2D eigenvalue weighted by atomic mass is 10.1. The molecule has 0 radical (unpaired) electrons. The maximum Gasteiger partial charge on any atom is 0.228 e. The fourth-order valence-corrected chi connectivity index (χ4v) is 4.23. The maximum absolute atomic E-state index is 12.5. The van der Waals surface area contributed by atoms with E-state index < -0.39 is 10.6 Å². The van der Waals surface area contributed by atoms with Crippen LogP contribution in [0.4, 0.5) is 5.69 Å². The van der Waals surface area contributed by atoms with Gasteiger partial charge in [-0.15, -0.1) is 0 Å². The van der Waals surface area contributed by atoms with Crippen molar-refractivity contribution in [3.8, 4) is 11.5 Å². The third-order valence-electron chi connectivity index (χ3n) is 5.83. The Morgan fingerprint density at radius 3 is 2.42 bits per heavy atom. The summed E-state index contributed by atoms with van der Waals surface area (Å²) in [6, 6.07) is 18.1. The van der Waals surface area contributed by atoms with Gasteiger partial charge < -0.3 is 19.0 Å². The second kappa shape index (κ2) is 12.5. The molecule has 2 N–H and O–H groups in total. The number of nitrogens with zero attached hydrogens (tertiary/aromatic N) is 4. The molecule has 3 aromatic heterocycles. The van der Waals surface area contributed by atoms with Crippen molar-refractivity contribution in [2.24, 2.45) is 0 Å². The van der Waals surface area contributed by atoms with Crippen LogP contribution in [0, 0.1) is 11.7 Å². The summed E-state index contributed by atoms with van der Waals surface area (Å²) < 4.78 is 27.0. The number of nitrogens with one attached hydrogen (secondary N) is 2. The van der Waals surface area contributed by atoms with Crippen molar-refractivity contribution in [3.05, 3.63) is 103 Å². The van der Waals surface area contributed by atoms with Gasteiger partial charge in [-0.25, -0.2) is 0 Å². The molecule has 2 aromatic carbocycles. The van der Waals surface area contributed by atoms with Gasteiger partial charge in [0.15, 0.2) is 0 Å². The van der Waals surface area contributed by atoms with Gasteiger partial charge in [0.05, 0.1) is 29.4 Å². The second-order valence-electron chi connectivity index (χ2n) is 10.1. The van der Waals surface area contributed by atoms with Crippen LogP contribution >= 0.6 is 0 Å². The largest absolute Gasteiger partial charge is 0.456 e. The Bertz CT molecular complexity index is 1670. The Labute approximate surface area is 238 Å². The number of rotatable bonds is 6. The summed E-state index contributed by atoms with van der Waals surface area (Å²) in [5, 5.41) is 7.87. The first-order valence-electron chi connectivity index (χ1n) is 12.6. The van der Waals surface area contributed by atoms with Gasteiger partial charge in [-0.2, -0.15) is 15.7 Å². The van der Waals surface area contributed by atoms with Gasteiger partial charge in [-0.3, -0.25) is 19.4 Å². The average molecular weight is 560 g/mol. The Balaban J connectivity index is 0.000000687. The van der Waals surface area contributed by atoms with E-state index in [0.717, 1.165) is 11.1 Å². The molecule has 40 heavy (non-hydrogen) atoms. The van der Waals surface area contributed by atoms with Crippen molar-refractivity contribution < 1.29 is 16.6 Å². The monoisotopic (exact) mass is 559 g/mol. The summed E-state index contributed by atoms with van der Waals surface area (Å²) in [6.07, 6.45) is 8.83. The van der Waals surface area contributed by atoms with Crippen molar-refractivity contribution in [1.29, 1.82) is 4.78 Å². The minimum absolute atomic E-state index is 0. The van der Waals surface area contributed by atoms with E-state index in [2.05, 4.69) is 20.4 Å². The predicted molar refractivity (Wildman–Crippen MR) is 160 cm³/mol. The molecular formula is C30H35N6O3S-. The van der Waals surface area contributed by atoms with Crippen molar-refractivity contribution in [2.75, 3.05) is 5.32 Å². The molecule has 0 saturated carbocycles. The zero-order chi connectivity index (χ0) is 28.7. The lowest BCUT2D eigenvalue weighted by molar-refractivity contribution is -0.115. The molecule has 0 aliphatic heterocycles. The quantitative estimate of drug-likeness (QED) is 0.213. The van der Waals surface area contributed by atoms with Gasteiger partial charge in [-0.1, -0.05) is 35.2 Å². The van der Waals surface area contributed by atoms with E-state index in [0.29, 0.717) is 33.0 Å². The first-order valence-corrected chi connectivity index (χ1v) is 13.7. The lowest BCUT2D eigenvalue weighted by Crippen LogP contribution is -2.22. The summed E-state index contributed by atoms with van der Waals surface area (Å²) >= 11 is 0. The van der Waals surface area contributed by atoms with E-state index >= 15 is 0 Å². The molecule has 0 fully saturated rings. The number of ether oxygens (including phenoxy) is 1.